The highest BCUT2D eigenvalue weighted by atomic mass is 35.5. The lowest BCUT2D eigenvalue weighted by Gasteiger charge is -2.34. The van der Waals surface area contributed by atoms with Gasteiger partial charge in [0, 0.05) is 26.2 Å². The Morgan fingerprint density at radius 2 is 2.17 bits per heavy atom. The predicted molar refractivity (Wildman–Crippen MR) is 72.3 cm³/mol. The molecule has 1 atom stereocenters. The minimum Gasteiger partial charge on any atom is -0.495 e. The van der Waals surface area contributed by atoms with Gasteiger partial charge in [0.1, 0.15) is 5.75 Å². The molecule has 1 fully saturated rings. The van der Waals surface area contributed by atoms with Crippen LogP contribution in [0, 0.1) is 0 Å². The molecular formula is C13H19ClN2O2. The Bertz CT molecular complexity index is 395. The van der Waals surface area contributed by atoms with Crippen LogP contribution in [0.25, 0.3) is 0 Å². The monoisotopic (exact) mass is 270 g/mol. The van der Waals surface area contributed by atoms with Crippen LogP contribution in [-0.4, -0.2) is 49.9 Å². The maximum Gasteiger partial charge on any atom is 0.137 e. The van der Waals surface area contributed by atoms with Crippen molar-refractivity contribution >= 4 is 11.6 Å². The van der Waals surface area contributed by atoms with E-state index in [1.165, 1.54) is 0 Å². The second-order valence-electron chi connectivity index (χ2n) is 4.38. The molecule has 0 aromatic heterocycles. The lowest BCUT2D eigenvalue weighted by Crippen LogP contribution is -2.46. The van der Waals surface area contributed by atoms with Crippen LogP contribution in [0.4, 0.5) is 0 Å². The average Bonchev–Trinajstić information content (AvgIpc) is 2.42. The molecule has 0 saturated carbocycles. The molecular weight excluding hydrogens is 252 g/mol. The Balaban J connectivity index is 2.20. The van der Waals surface area contributed by atoms with Gasteiger partial charge in [-0.05, 0) is 17.7 Å². The maximum absolute atomic E-state index is 9.63. The molecule has 18 heavy (non-hydrogen) atoms. The molecule has 1 aromatic rings. The van der Waals surface area contributed by atoms with E-state index < -0.39 is 0 Å². The predicted octanol–water partition coefficient (Wildman–Crippen LogP) is 1.29. The van der Waals surface area contributed by atoms with Crippen molar-refractivity contribution in [1.82, 2.24) is 10.2 Å². The maximum atomic E-state index is 9.63. The zero-order valence-corrected chi connectivity index (χ0v) is 11.3. The zero-order chi connectivity index (χ0) is 13.0. The number of hydrogen-bond acceptors (Lipinski definition) is 4. The number of hydrogen-bond donors (Lipinski definition) is 2. The highest BCUT2D eigenvalue weighted by molar-refractivity contribution is 6.32. The molecule has 0 unspecified atom stereocenters. The Labute approximate surface area is 113 Å². The van der Waals surface area contributed by atoms with Gasteiger partial charge < -0.3 is 15.2 Å². The fourth-order valence-electron chi connectivity index (χ4n) is 2.31. The molecule has 2 N–H and O–H groups in total. The summed E-state index contributed by atoms with van der Waals surface area (Å²) in [5.41, 5.74) is 1.04. The van der Waals surface area contributed by atoms with Crippen LogP contribution in [0.2, 0.25) is 5.02 Å². The molecule has 0 aliphatic carbocycles. The number of halogens is 1. The lowest BCUT2D eigenvalue weighted by atomic mass is 10.0. The Morgan fingerprint density at radius 3 is 2.78 bits per heavy atom. The third kappa shape index (κ3) is 2.95. The third-order valence-corrected chi connectivity index (χ3v) is 3.64. The molecule has 0 spiro atoms. The first-order valence-electron chi connectivity index (χ1n) is 6.15. The summed E-state index contributed by atoms with van der Waals surface area (Å²) in [5, 5.41) is 13.5. The summed E-state index contributed by atoms with van der Waals surface area (Å²) >= 11 is 6.02. The van der Waals surface area contributed by atoms with E-state index >= 15 is 0 Å². The summed E-state index contributed by atoms with van der Waals surface area (Å²) in [6.45, 7) is 3.90. The Hall–Kier alpha value is -0.810. The zero-order valence-electron chi connectivity index (χ0n) is 10.5. The van der Waals surface area contributed by atoms with E-state index in [1.807, 2.05) is 18.2 Å². The number of aliphatic hydroxyl groups is 1. The van der Waals surface area contributed by atoms with Crippen LogP contribution >= 0.6 is 11.6 Å². The number of ether oxygens (including phenoxy) is 1. The summed E-state index contributed by atoms with van der Waals surface area (Å²) < 4.78 is 5.22. The number of nitrogens with one attached hydrogen (secondary N) is 1. The fourth-order valence-corrected chi connectivity index (χ4v) is 2.50. The van der Waals surface area contributed by atoms with Gasteiger partial charge in [-0.1, -0.05) is 17.7 Å². The second kappa shape index (κ2) is 6.38. The van der Waals surface area contributed by atoms with Crippen LogP contribution < -0.4 is 10.1 Å². The third-order valence-electron chi connectivity index (χ3n) is 3.33. The molecule has 1 saturated heterocycles. The second-order valence-corrected chi connectivity index (χ2v) is 4.79. The van der Waals surface area contributed by atoms with Gasteiger partial charge in [0.15, 0.2) is 0 Å². The van der Waals surface area contributed by atoms with E-state index in [-0.39, 0.29) is 12.6 Å². The first-order valence-corrected chi connectivity index (χ1v) is 6.53. The summed E-state index contributed by atoms with van der Waals surface area (Å²) in [6.07, 6.45) is 0. The molecule has 0 amide bonds. The van der Waals surface area contributed by atoms with E-state index in [0.717, 1.165) is 31.7 Å². The lowest BCUT2D eigenvalue weighted by molar-refractivity contribution is 0.110. The van der Waals surface area contributed by atoms with Gasteiger partial charge in [0.2, 0.25) is 0 Å². The van der Waals surface area contributed by atoms with Gasteiger partial charge in [-0.3, -0.25) is 4.90 Å². The summed E-state index contributed by atoms with van der Waals surface area (Å²) in [6, 6.07) is 5.69. The highest BCUT2D eigenvalue weighted by Gasteiger charge is 2.22. The van der Waals surface area contributed by atoms with Crippen molar-refractivity contribution in [3.63, 3.8) is 0 Å². The fraction of sp³-hybridized carbons (Fsp3) is 0.538. The first-order chi connectivity index (χ1) is 8.76. The Morgan fingerprint density at radius 1 is 1.44 bits per heavy atom. The topological polar surface area (TPSA) is 44.7 Å². The molecule has 1 aliphatic rings. The summed E-state index contributed by atoms with van der Waals surface area (Å²) in [5.74, 6) is 0.655. The molecule has 100 valence electrons. The van der Waals surface area contributed by atoms with E-state index in [0.29, 0.717) is 10.8 Å². The number of rotatable bonds is 4. The van der Waals surface area contributed by atoms with Crippen molar-refractivity contribution in [3.05, 3.63) is 28.8 Å². The molecule has 1 aromatic carbocycles. The number of piperazine rings is 1. The minimum atomic E-state index is 0.0123. The Kier molecular flexibility index (Phi) is 4.83. The normalized spacial score (nSPS) is 18.6. The molecule has 5 heteroatoms. The van der Waals surface area contributed by atoms with Gasteiger partial charge in [-0.2, -0.15) is 0 Å². The number of aliphatic hydroxyl groups excluding tert-OH is 1. The first kappa shape index (κ1) is 13.6. The van der Waals surface area contributed by atoms with Crippen molar-refractivity contribution < 1.29 is 9.84 Å². The van der Waals surface area contributed by atoms with Crippen molar-refractivity contribution in [2.75, 3.05) is 39.9 Å². The average molecular weight is 271 g/mol. The van der Waals surface area contributed by atoms with Crippen molar-refractivity contribution in [2.24, 2.45) is 0 Å². The molecule has 2 rings (SSSR count). The van der Waals surface area contributed by atoms with Crippen LogP contribution in [0.5, 0.6) is 5.75 Å². The van der Waals surface area contributed by atoms with Crippen LogP contribution in [0.1, 0.15) is 11.6 Å². The smallest absolute Gasteiger partial charge is 0.137 e. The van der Waals surface area contributed by atoms with Crippen molar-refractivity contribution in [1.29, 1.82) is 0 Å². The van der Waals surface area contributed by atoms with Gasteiger partial charge in [0.25, 0.3) is 0 Å². The van der Waals surface area contributed by atoms with Crippen molar-refractivity contribution in [3.8, 4) is 5.75 Å². The minimum absolute atomic E-state index is 0.0123. The van der Waals surface area contributed by atoms with E-state index in [2.05, 4.69) is 10.2 Å². The van der Waals surface area contributed by atoms with E-state index in [4.69, 9.17) is 16.3 Å². The van der Waals surface area contributed by atoms with Crippen LogP contribution in [0.3, 0.4) is 0 Å². The summed E-state index contributed by atoms with van der Waals surface area (Å²) in [7, 11) is 1.60. The number of nitrogens with zero attached hydrogens (tertiary/aromatic N) is 1. The molecule has 1 aliphatic heterocycles. The van der Waals surface area contributed by atoms with Gasteiger partial charge >= 0.3 is 0 Å². The molecule has 0 bridgehead atoms. The number of benzene rings is 1. The van der Waals surface area contributed by atoms with Gasteiger partial charge in [-0.15, -0.1) is 0 Å². The van der Waals surface area contributed by atoms with Crippen molar-refractivity contribution in [2.45, 2.75) is 6.04 Å². The SMILES string of the molecule is COc1cc([C@H](CO)N2CCNCC2)ccc1Cl. The van der Waals surface area contributed by atoms with E-state index in [9.17, 15) is 5.11 Å². The quantitative estimate of drug-likeness (QED) is 0.865. The molecule has 1 heterocycles. The standard InChI is InChI=1S/C13H19ClN2O2/c1-18-13-8-10(2-3-11(13)14)12(9-17)16-6-4-15-5-7-16/h2-3,8,12,15,17H,4-7,9H2,1H3/t12-/m0/s1. The van der Waals surface area contributed by atoms with E-state index in [1.54, 1.807) is 7.11 Å². The molecule has 0 radical (unpaired) electrons. The van der Waals surface area contributed by atoms with Crippen LogP contribution in [-0.2, 0) is 0 Å². The van der Waals surface area contributed by atoms with Crippen LogP contribution in [0.15, 0.2) is 18.2 Å². The summed E-state index contributed by atoms with van der Waals surface area (Å²) in [4.78, 5) is 2.28. The van der Waals surface area contributed by atoms with Gasteiger partial charge in [0.05, 0.1) is 24.8 Å². The van der Waals surface area contributed by atoms with Gasteiger partial charge in [-0.25, -0.2) is 0 Å². The highest BCUT2D eigenvalue weighted by Crippen LogP contribution is 2.30. The number of methoxy groups -OCH3 is 1. The molecule has 4 nitrogen and oxygen atoms in total. The largest absolute Gasteiger partial charge is 0.495 e.